The Labute approximate surface area is 91.8 Å². The van der Waals surface area contributed by atoms with Gasteiger partial charge in [0, 0.05) is 26.1 Å². The molecule has 2 atom stereocenters. The first kappa shape index (κ1) is 12.5. The van der Waals surface area contributed by atoms with Crippen molar-refractivity contribution in [1.82, 2.24) is 10.6 Å². The average Bonchev–Trinajstić information content (AvgIpc) is 2.24. The lowest BCUT2D eigenvalue weighted by Crippen LogP contribution is -2.38. The first-order valence-electron chi connectivity index (χ1n) is 5.78. The second-order valence-corrected chi connectivity index (χ2v) is 4.13. The third kappa shape index (κ3) is 5.14. The molecule has 1 saturated heterocycles. The summed E-state index contributed by atoms with van der Waals surface area (Å²) >= 11 is 0. The van der Waals surface area contributed by atoms with Crippen LogP contribution < -0.4 is 10.6 Å². The number of nitrogens with one attached hydrogen (secondary N) is 2. The van der Waals surface area contributed by atoms with Gasteiger partial charge in [0.1, 0.15) is 0 Å². The fraction of sp³-hybridized carbons (Fsp3) is 0.909. The summed E-state index contributed by atoms with van der Waals surface area (Å²) in [5.74, 6) is 0.122. The number of carbonyl (C=O) groups excluding carboxylic acids is 1. The molecule has 4 nitrogen and oxygen atoms in total. The summed E-state index contributed by atoms with van der Waals surface area (Å²) in [5, 5.41) is 6.10. The Kier molecular flexibility index (Phi) is 5.65. The lowest BCUT2D eigenvalue weighted by atomic mass is 10.0. The second kappa shape index (κ2) is 6.80. The average molecular weight is 214 g/mol. The Balaban J connectivity index is 2.02. The molecule has 0 saturated carbocycles. The maximum atomic E-state index is 11.0. The zero-order chi connectivity index (χ0) is 11.1. The molecule has 1 aliphatic heterocycles. The molecule has 1 rings (SSSR count). The quantitative estimate of drug-likeness (QED) is 0.661. The van der Waals surface area contributed by atoms with Gasteiger partial charge in [0.05, 0.1) is 6.10 Å². The number of ether oxygens (including phenoxy) is 1. The smallest absolute Gasteiger partial charge is 0.219 e. The van der Waals surface area contributed by atoms with Crippen LogP contribution >= 0.6 is 0 Å². The van der Waals surface area contributed by atoms with E-state index < -0.39 is 0 Å². The van der Waals surface area contributed by atoms with Crippen LogP contribution in [0.2, 0.25) is 0 Å². The fourth-order valence-corrected chi connectivity index (χ4v) is 1.86. The topological polar surface area (TPSA) is 50.4 Å². The lowest BCUT2D eigenvalue weighted by molar-refractivity contribution is -0.120. The van der Waals surface area contributed by atoms with Crippen LogP contribution in [0.3, 0.4) is 0 Å². The number of hydrogen-bond donors (Lipinski definition) is 2. The summed E-state index contributed by atoms with van der Waals surface area (Å²) in [4.78, 5) is 11.0. The molecule has 0 bridgehead atoms. The normalized spacial score (nSPS) is 26.3. The maximum Gasteiger partial charge on any atom is 0.219 e. The molecular weight excluding hydrogens is 192 g/mol. The molecule has 0 aromatic rings. The summed E-state index contributed by atoms with van der Waals surface area (Å²) < 4.78 is 5.47. The predicted octanol–water partition coefficient (Wildman–Crippen LogP) is 0.670. The molecule has 88 valence electrons. The van der Waals surface area contributed by atoms with Gasteiger partial charge >= 0.3 is 0 Å². The van der Waals surface area contributed by atoms with Gasteiger partial charge in [-0.1, -0.05) is 0 Å². The third-order valence-corrected chi connectivity index (χ3v) is 2.78. The number of rotatable bonds is 5. The van der Waals surface area contributed by atoms with E-state index in [-0.39, 0.29) is 5.91 Å². The molecule has 0 aliphatic carbocycles. The molecule has 0 spiro atoms. The molecule has 4 heteroatoms. The van der Waals surface area contributed by atoms with E-state index >= 15 is 0 Å². The molecule has 1 fully saturated rings. The number of carbonyl (C=O) groups is 1. The van der Waals surface area contributed by atoms with Crippen molar-refractivity contribution in [2.24, 2.45) is 0 Å². The Morgan fingerprint density at radius 1 is 1.53 bits per heavy atom. The van der Waals surface area contributed by atoms with Crippen molar-refractivity contribution in [2.75, 3.05) is 20.2 Å². The Hall–Kier alpha value is -0.610. The standard InChI is InChI=1S/C11H22N2O2/c1-9-8-10(5-7-15-9)13-6-3-4-11(14)12-2/h9-10,13H,3-8H2,1-2H3,(H,12,14). The van der Waals surface area contributed by atoms with E-state index in [4.69, 9.17) is 4.74 Å². The molecule has 1 amide bonds. The van der Waals surface area contributed by atoms with Crippen molar-refractivity contribution in [1.29, 1.82) is 0 Å². The highest BCUT2D eigenvalue weighted by Gasteiger charge is 2.18. The molecule has 15 heavy (non-hydrogen) atoms. The maximum absolute atomic E-state index is 11.0. The first-order chi connectivity index (χ1) is 7.22. The van der Waals surface area contributed by atoms with Gasteiger partial charge in [-0.2, -0.15) is 0 Å². The van der Waals surface area contributed by atoms with Gasteiger partial charge in [0.2, 0.25) is 5.91 Å². The summed E-state index contributed by atoms with van der Waals surface area (Å²) in [6, 6.07) is 0.568. The van der Waals surface area contributed by atoms with Crippen molar-refractivity contribution in [2.45, 2.75) is 44.8 Å². The van der Waals surface area contributed by atoms with Crippen LogP contribution in [0.4, 0.5) is 0 Å². The molecule has 2 unspecified atom stereocenters. The number of amides is 1. The van der Waals surface area contributed by atoms with E-state index in [2.05, 4.69) is 17.6 Å². The van der Waals surface area contributed by atoms with Gasteiger partial charge in [-0.15, -0.1) is 0 Å². The van der Waals surface area contributed by atoms with E-state index in [0.29, 0.717) is 18.6 Å². The summed E-state index contributed by atoms with van der Waals surface area (Å²) in [6.45, 7) is 3.89. The molecular formula is C11H22N2O2. The largest absolute Gasteiger partial charge is 0.378 e. The SMILES string of the molecule is CNC(=O)CCCNC1CCOC(C)C1. The van der Waals surface area contributed by atoms with Crippen molar-refractivity contribution in [3.63, 3.8) is 0 Å². The predicted molar refractivity (Wildman–Crippen MR) is 59.7 cm³/mol. The zero-order valence-electron chi connectivity index (χ0n) is 9.71. The van der Waals surface area contributed by atoms with Crippen molar-refractivity contribution >= 4 is 5.91 Å². The van der Waals surface area contributed by atoms with E-state index in [9.17, 15) is 4.79 Å². The van der Waals surface area contributed by atoms with Crippen molar-refractivity contribution in [3.8, 4) is 0 Å². The minimum atomic E-state index is 0.122. The monoisotopic (exact) mass is 214 g/mol. The number of hydrogen-bond acceptors (Lipinski definition) is 3. The highest BCUT2D eigenvalue weighted by atomic mass is 16.5. The van der Waals surface area contributed by atoms with Gasteiger partial charge in [-0.25, -0.2) is 0 Å². The van der Waals surface area contributed by atoms with E-state index in [1.54, 1.807) is 7.05 Å². The van der Waals surface area contributed by atoms with Gasteiger partial charge < -0.3 is 15.4 Å². The highest BCUT2D eigenvalue weighted by Crippen LogP contribution is 2.12. The Bertz CT molecular complexity index is 197. The van der Waals surface area contributed by atoms with E-state index in [0.717, 1.165) is 32.4 Å². The Morgan fingerprint density at radius 3 is 3.00 bits per heavy atom. The van der Waals surface area contributed by atoms with Crippen LogP contribution in [-0.4, -0.2) is 38.3 Å². The van der Waals surface area contributed by atoms with Gasteiger partial charge in [0.25, 0.3) is 0 Å². The van der Waals surface area contributed by atoms with Crippen molar-refractivity contribution in [3.05, 3.63) is 0 Å². The molecule has 0 radical (unpaired) electrons. The van der Waals surface area contributed by atoms with Crippen LogP contribution in [0.1, 0.15) is 32.6 Å². The van der Waals surface area contributed by atoms with Gasteiger partial charge in [0.15, 0.2) is 0 Å². The molecule has 2 N–H and O–H groups in total. The van der Waals surface area contributed by atoms with Crippen LogP contribution in [0.25, 0.3) is 0 Å². The first-order valence-corrected chi connectivity index (χ1v) is 5.78. The molecule has 0 aromatic heterocycles. The summed E-state index contributed by atoms with van der Waals surface area (Å²) in [6.07, 6.45) is 4.06. The highest BCUT2D eigenvalue weighted by molar-refractivity contribution is 5.75. The minimum Gasteiger partial charge on any atom is -0.378 e. The van der Waals surface area contributed by atoms with Gasteiger partial charge in [-0.05, 0) is 32.7 Å². The Morgan fingerprint density at radius 2 is 2.33 bits per heavy atom. The third-order valence-electron chi connectivity index (χ3n) is 2.78. The second-order valence-electron chi connectivity index (χ2n) is 4.13. The molecule has 0 aromatic carbocycles. The molecule has 1 aliphatic rings. The van der Waals surface area contributed by atoms with Gasteiger partial charge in [-0.3, -0.25) is 4.79 Å². The van der Waals surface area contributed by atoms with Crippen LogP contribution in [0.5, 0.6) is 0 Å². The van der Waals surface area contributed by atoms with Crippen LogP contribution in [-0.2, 0) is 9.53 Å². The van der Waals surface area contributed by atoms with Crippen molar-refractivity contribution < 1.29 is 9.53 Å². The van der Waals surface area contributed by atoms with Crippen LogP contribution in [0.15, 0.2) is 0 Å². The fourth-order valence-electron chi connectivity index (χ4n) is 1.86. The minimum absolute atomic E-state index is 0.122. The zero-order valence-corrected chi connectivity index (χ0v) is 9.71. The summed E-state index contributed by atoms with van der Waals surface area (Å²) in [5.41, 5.74) is 0. The summed E-state index contributed by atoms with van der Waals surface area (Å²) in [7, 11) is 1.68. The van der Waals surface area contributed by atoms with Crippen LogP contribution in [0, 0.1) is 0 Å². The lowest BCUT2D eigenvalue weighted by Gasteiger charge is -2.28. The van der Waals surface area contributed by atoms with E-state index in [1.807, 2.05) is 0 Å². The van der Waals surface area contributed by atoms with E-state index in [1.165, 1.54) is 0 Å². The molecule has 1 heterocycles.